The molecule has 0 spiro atoms. The Morgan fingerprint density at radius 1 is 1.05 bits per heavy atom. The molecular weight excluding hydrogens is 681 g/mol. The summed E-state index contributed by atoms with van der Waals surface area (Å²) >= 11 is 7.70. The number of para-hydroxylation sites is 2. The van der Waals surface area contributed by atoms with Gasteiger partial charge in [0.15, 0.2) is 0 Å². The number of carbonyl (C=O) groups is 3. The van der Waals surface area contributed by atoms with Gasteiger partial charge in [-0.15, -0.1) is 0 Å². The first-order valence-electron chi connectivity index (χ1n) is 12.6. The van der Waals surface area contributed by atoms with Crippen LogP contribution in [0.2, 0.25) is 0 Å². The van der Waals surface area contributed by atoms with Gasteiger partial charge in [-0.25, -0.2) is 4.39 Å². The van der Waals surface area contributed by atoms with E-state index in [1.165, 1.54) is 6.07 Å². The molecule has 3 aromatic rings. The molecule has 2 aliphatic rings. The molecule has 0 saturated carbocycles. The maximum Gasteiger partial charge on any atom is 0.294 e. The number of hydrogen-bond acceptors (Lipinski definition) is 7. The van der Waals surface area contributed by atoms with Crippen molar-refractivity contribution < 1.29 is 28.2 Å². The van der Waals surface area contributed by atoms with Crippen molar-refractivity contribution in [3.05, 3.63) is 91.5 Å². The number of hydrogen-bond donors (Lipinski definition) is 1. The molecule has 3 aromatic carbocycles. The van der Waals surface area contributed by atoms with Gasteiger partial charge in [0.2, 0.25) is 5.91 Å². The van der Waals surface area contributed by atoms with Gasteiger partial charge in [-0.3, -0.25) is 19.3 Å². The lowest BCUT2D eigenvalue weighted by Crippen LogP contribution is -2.38. The molecule has 0 atom stereocenters. The number of anilines is 2. The number of thioether (sulfide) groups is 1. The zero-order valence-electron chi connectivity index (χ0n) is 21.6. The second kappa shape index (κ2) is 13.2. The minimum atomic E-state index is -0.552. The predicted octanol–water partition coefficient (Wildman–Crippen LogP) is 6.44. The number of halogens is 3. The van der Waals surface area contributed by atoms with Crippen molar-refractivity contribution >= 4 is 78.1 Å². The number of imide groups is 1. The van der Waals surface area contributed by atoms with E-state index < -0.39 is 23.6 Å². The highest BCUT2D eigenvalue weighted by Gasteiger charge is 2.36. The molecule has 8 nitrogen and oxygen atoms in total. The number of amides is 3. The molecule has 0 bridgehead atoms. The van der Waals surface area contributed by atoms with Gasteiger partial charge < -0.3 is 19.7 Å². The van der Waals surface area contributed by atoms with Gasteiger partial charge in [0.1, 0.15) is 24.7 Å². The third kappa shape index (κ3) is 7.00. The lowest BCUT2D eigenvalue weighted by atomic mass is 10.2. The molecule has 41 heavy (non-hydrogen) atoms. The number of nitrogens with one attached hydrogen (secondary N) is 1. The summed E-state index contributed by atoms with van der Waals surface area (Å²) in [5, 5.41) is 2.32. The first-order valence-corrected chi connectivity index (χ1v) is 15.0. The van der Waals surface area contributed by atoms with Gasteiger partial charge in [-0.05, 0) is 85.6 Å². The van der Waals surface area contributed by atoms with Crippen molar-refractivity contribution in [2.75, 3.05) is 43.1 Å². The topological polar surface area (TPSA) is 88.2 Å². The smallest absolute Gasteiger partial charge is 0.294 e. The normalized spacial score (nSPS) is 16.4. The lowest BCUT2D eigenvalue weighted by Gasteiger charge is -2.30. The van der Waals surface area contributed by atoms with E-state index in [4.69, 9.17) is 9.47 Å². The van der Waals surface area contributed by atoms with Crippen LogP contribution < -0.4 is 15.0 Å². The first-order chi connectivity index (χ1) is 19.8. The molecule has 0 aliphatic carbocycles. The Morgan fingerprint density at radius 3 is 2.46 bits per heavy atom. The highest BCUT2D eigenvalue weighted by molar-refractivity contribution is 9.11. The summed E-state index contributed by atoms with van der Waals surface area (Å²) in [4.78, 5) is 41.9. The van der Waals surface area contributed by atoms with Crippen molar-refractivity contribution in [2.24, 2.45) is 0 Å². The first kappa shape index (κ1) is 29.3. The molecule has 0 aromatic heterocycles. The van der Waals surface area contributed by atoms with E-state index in [9.17, 15) is 18.8 Å². The Bertz CT molecular complexity index is 1510. The van der Waals surface area contributed by atoms with E-state index in [1.807, 2.05) is 18.2 Å². The maximum absolute atomic E-state index is 14.0. The highest BCUT2D eigenvalue weighted by atomic mass is 79.9. The number of nitrogens with zero attached hydrogens (tertiary/aromatic N) is 2. The number of rotatable bonds is 8. The van der Waals surface area contributed by atoms with Gasteiger partial charge in [0.25, 0.3) is 11.1 Å². The summed E-state index contributed by atoms with van der Waals surface area (Å²) in [6.45, 7) is 2.22. The molecule has 5 rings (SSSR count). The fraction of sp³-hybridized carbons (Fsp3) is 0.207. The van der Waals surface area contributed by atoms with E-state index in [0.717, 1.165) is 22.3 Å². The van der Waals surface area contributed by atoms with E-state index in [-0.39, 0.29) is 17.3 Å². The molecule has 3 amide bonds. The van der Waals surface area contributed by atoms with E-state index in [0.29, 0.717) is 57.8 Å². The third-order valence-corrected chi connectivity index (χ3v) is 8.44. The number of morpholine rings is 1. The summed E-state index contributed by atoms with van der Waals surface area (Å²) in [7, 11) is 0. The molecule has 12 heteroatoms. The quantitative estimate of drug-likeness (QED) is 0.270. The number of ether oxygens (including phenoxy) is 2. The van der Waals surface area contributed by atoms with Crippen molar-refractivity contribution in [1.29, 1.82) is 0 Å². The Labute approximate surface area is 257 Å². The Balaban J connectivity index is 1.25. The summed E-state index contributed by atoms with van der Waals surface area (Å²) in [5.41, 5.74) is 2.50. The van der Waals surface area contributed by atoms with Crippen LogP contribution in [0.3, 0.4) is 0 Å². The summed E-state index contributed by atoms with van der Waals surface area (Å²) < 4.78 is 26.3. The fourth-order valence-corrected chi connectivity index (χ4v) is 6.64. The van der Waals surface area contributed by atoms with Gasteiger partial charge in [0.05, 0.1) is 38.4 Å². The number of carbonyl (C=O) groups excluding carboxylic acids is 3. The van der Waals surface area contributed by atoms with Crippen LogP contribution in [-0.4, -0.2) is 54.8 Å². The van der Waals surface area contributed by atoms with Crippen molar-refractivity contribution in [1.82, 2.24) is 4.90 Å². The largest absolute Gasteiger partial charge is 0.486 e. The minimum Gasteiger partial charge on any atom is -0.486 e. The summed E-state index contributed by atoms with van der Waals surface area (Å²) in [6, 6.07) is 17.2. The van der Waals surface area contributed by atoms with Crippen LogP contribution in [-0.2, 0) is 20.9 Å². The molecule has 0 radical (unpaired) electrons. The van der Waals surface area contributed by atoms with Crippen LogP contribution >= 0.6 is 43.6 Å². The zero-order valence-corrected chi connectivity index (χ0v) is 25.6. The fourth-order valence-electron chi connectivity index (χ4n) is 4.35. The van der Waals surface area contributed by atoms with Crippen molar-refractivity contribution in [3.63, 3.8) is 0 Å². The second-order valence-electron chi connectivity index (χ2n) is 9.13. The maximum atomic E-state index is 14.0. The predicted molar refractivity (Wildman–Crippen MR) is 163 cm³/mol. The van der Waals surface area contributed by atoms with Crippen LogP contribution in [0.25, 0.3) is 6.08 Å². The second-order valence-corrected chi connectivity index (χ2v) is 11.8. The Morgan fingerprint density at radius 2 is 1.73 bits per heavy atom. The molecule has 1 N–H and O–H groups in total. The molecule has 2 aliphatic heterocycles. The lowest BCUT2D eigenvalue weighted by molar-refractivity contribution is -0.127. The van der Waals surface area contributed by atoms with Crippen LogP contribution in [0, 0.1) is 5.82 Å². The summed E-state index contributed by atoms with van der Waals surface area (Å²) in [5.74, 6) is -0.922. The molecule has 2 heterocycles. The zero-order chi connectivity index (χ0) is 28.9. The van der Waals surface area contributed by atoms with Gasteiger partial charge in [-0.2, -0.15) is 0 Å². The SMILES string of the molecule is O=C(CN1C(=O)S/C(=C/c2cc(Br)c(OCc3ccccc3F)c(Br)c2)C1=O)Nc1ccccc1N1CCOCC1. The highest BCUT2D eigenvalue weighted by Crippen LogP contribution is 2.38. The van der Waals surface area contributed by atoms with Crippen LogP contribution in [0.15, 0.2) is 74.5 Å². The molecule has 2 saturated heterocycles. The van der Waals surface area contributed by atoms with E-state index in [2.05, 4.69) is 42.1 Å². The molecule has 2 fully saturated rings. The summed E-state index contributed by atoms with van der Waals surface area (Å²) in [6.07, 6.45) is 1.58. The molecule has 0 unspecified atom stereocenters. The van der Waals surface area contributed by atoms with E-state index >= 15 is 0 Å². The molecule has 212 valence electrons. The van der Waals surface area contributed by atoms with Gasteiger partial charge >= 0.3 is 0 Å². The van der Waals surface area contributed by atoms with E-state index in [1.54, 1.807) is 42.5 Å². The standard InChI is InChI=1S/C29H24Br2FN3O5S/c30-20-13-18(14-21(31)27(20)40-17-19-5-1-2-6-22(19)32)15-25-28(37)35(29(38)41-25)16-26(36)33-23-7-3-4-8-24(23)34-9-11-39-12-10-34/h1-8,13-15H,9-12,16-17H2,(H,33,36)/b25-15+. The van der Waals surface area contributed by atoms with Gasteiger partial charge in [-0.1, -0.05) is 30.3 Å². The average Bonchev–Trinajstić information content (AvgIpc) is 3.21. The van der Waals surface area contributed by atoms with Crippen LogP contribution in [0.1, 0.15) is 11.1 Å². The monoisotopic (exact) mass is 703 g/mol. The van der Waals surface area contributed by atoms with Crippen molar-refractivity contribution in [3.8, 4) is 5.75 Å². The average molecular weight is 705 g/mol. The minimum absolute atomic E-state index is 0.0289. The third-order valence-electron chi connectivity index (χ3n) is 6.35. The van der Waals surface area contributed by atoms with Gasteiger partial charge in [0, 0.05) is 18.7 Å². The van der Waals surface area contributed by atoms with Crippen LogP contribution in [0.5, 0.6) is 5.75 Å². The Hall–Kier alpha value is -3.19. The van der Waals surface area contributed by atoms with Crippen molar-refractivity contribution in [2.45, 2.75) is 6.61 Å². The van der Waals surface area contributed by atoms with Crippen LogP contribution in [0.4, 0.5) is 20.6 Å². The molecular formula is C29H24Br2FN3O5S. The number of benzene rings is 3. The Kier molecular flexibility index (Phi) is 9.43.